The standard InChI is InChI=1S/C14H12O/c15-7-12-13-10-5-6-11(14(12)13)9-4-2-1-3-8(9)10/h1-7,10-14H/t10-,11+,12?,13+,14-. The smallest absolute Gasteiger partial charge is 0.123 e. The predicted octanol–water partition coefficient (Wildman–Crippen LogP) is 2.50. The van der Waals surface area contributed by atoms with Crippen LogP contribution in [-0.2, 0) is 4.79 Å². The van der Waals surface area contributed by atoms with E-state index in [1.54, 1.807) is 0 Å². The Bertz CT molecular complexity index is 435. The van der Waals surface area contributed by atoms with E-state index >= 15 is 0 Å². The minimum absolute atomic E-state index is 0.322. The zero-order chi connectivity index (χ0) is 9.99. The molecule has 0 heterocycles. The van der Waals surface area contributed by atoms with Crippen molar-refractivity contribution in [3.8, 4) is 0 Å². The summed E-state index contributed by atoms with van der Waals surface area (Å²) in [6, 6.07) is 8.68. The number of carbonyl (C=O) groups excluding carboxylic acids is 1. The molecule has 1 heteroatoms. The maximum atomic E-state index is 11.0. The minimum atomic E-state index is 0.322. The molecule has 2 bridgehead atoms. The maximum absolute atomic E-state index is 11.0. The Morgan fingerprint density at radius 3 is 1.93 bits per heavy atom. The van der Waals surface area contributed by atoms with Crippen LogP contribution in [0, 0.1) is 17.8 Å². The van der Waals surface area contributed by atoms with Crippen molar-refractivity contribution < 1.29 is 4.79 Å². The van der Waals surface area contributed by atoms with Gasteiger partial charge in [0.1, 0.15) is 6.29 Å². The number of allylic oxidation sites excluding steroid dienone is 2. The molecule has 1 fully saturated rings. The van der Waals surface area contributed by atoms with Crippen LogP contribution in [0.2, 0.25) is 0 Å². The Morgan fingerprint density at radius 1 is 0.933 bits per heavy atom. The van der Waals surface area contributed by atoms with Crippen LogP contribution >= 0.6 is 0 Å². The molecule has 15 heavy (non-hydrogen) atoms. The van der Waals surface area contributed by atoms with Gasteiger partial charge in [-0.3, -0.25) is 0 Å². The van der Waals surface area contributed by atoms with Gasteiger partial charge in [0.05, 0.1) is 0 Å². The Morgan fingerprint density at radius 2 is 1.47 bits per heavy atom. The van der Waals surface area contributed by atoms with Crippen LogP contribution < -0.4 is 0 Å². The van der Waals surface area contributed by atoms with E-state index in [0.717, 1.165) is 0 Å². The van der Waals surface area contributed by atoms with Crippen molar-refractivity contribution in [3.63, 3.8) is 0 Å². The fourth-order valence-electron chi connectivity index (χ4n) is 3.76. The number of hydrogen-bond donors (Lipinski definition) is 0. The summed E-state index contributed by atoms with van der Waals surface area (Å²) in [5, 5.41) is 0. The van der Waals surface area contributed by atoms with Gasteiger partial charge in [-0.1, -0.05) is 36.4 Å². The quantitative estimate of drug-likeness (QED) is 0.498. The second-order valence-corrected chi connectivity index (χ2v) is 4.93. The molecule has 74 valence electrons. The van der Waals surface area contributed by atoms with Crippen LogP contribution in [0.4, 0.5) is 0 Å². The Hall–Kier alpha value is -1.37. The second-order valence-electron chi connectivity index (χ2n) is 4.93. The van der Waals surface area contributed by atoms with Crippen molar-refractivity contribution >= 4 is 6.29 Å². The summed E-state index contributed by atoms with van der Waals surface area (Å²) in [5.41, 5.74) is 2.94. The molecule has 0 radical (unpaired) electrons. The number of aldehydes is 1. The van der Waals surface area contributed by atoms with Crippen molar-refractivity contribution in [2.24, 2.45) is 17.8 Å². The van der Waals surface area contributed by atoms with Crippen LogP contribution in [0.1, 0.15) is 23.0 Å². The van der Waals surface area contributed by atoms with Crippen LogP contribution in [0.15, 0.2) is 36.4 Å². The van der Waals surface area contributed by atoms with Crippen molar-refractivity contribution in [3.05, 3.63) is 47.5 Å². The first kappa shape index (κ1) is 7.86. The van der Waals surface area contributed by atoms with E-state index in [1.165, 1.54) is 17.4 Å². The first-order chi connectivity index (χ1) is 7.42. The monoisotopic (exact) mass is 196 g/mol. The Balaban J connectivity index is 1.91. The van der Waals surface area contributed by atoms with Gasteiger partial charge < -0.3 is 4.79 Å². The summed E-state index contributed by atoms with van der Waals surface area (Å²) in [4.78, 5) is 11.0. The van der Waals surface area contributed by atoms with Crippen molar-refractivity contribution in [1.82, 2.24) is 0 Å². The first-order valence-corrected chi connectivity index (χ1v) is 5.64. The minimum Gasteiger partial charge on any atom is -0.303 e. The van der Waals surface area contributed by atoms with E-state index in [4.69, 9.17) is 0 Å². The van der Waals surface area contributed by atoms with Gasteiger partial charge in [0.15, 0.2) is 0 Å². The predicted molar refractivity (Wildman–Crippen MR) is 57.6 cm³/mol. The number of hydrogen-bond acceptors (Lipinski definition) is 1. The number of carbonyl (C=O) groups is 1. The van der Waals surface area contributed by atoms with Crippen LogP contribution in [0.5, 0.6) is 0 Å². The second kappa shape index (κ2) is 2.41. The van der Waals surface area contributed by atoms with Gasteiger partial charge in [0.2, 0.25) is 0 Å². The van der Waals surface area contributed by atoms with Crippen LogP contribution in [0.25, 0.3) is 0 Å². The van der Waals surface area contributed by atoms with Crippen LogP contribution in [0.3, 0.4) is 0 Å². The lowest BCUT2D eigenvalue weighted by Crippen LogP contribution is -2.19. The van der Waals surface area contributed by atoms with E-state index in [0.29, 0.717) is 29.6 Å². The zero-order valence-corrected chi connectivity index (χ0v) is 8.34. The Kier molecular flexibility index (Phi) is 1.26. The molecule has 1 aromatic rings. The number of rotatable bonds is 1. The topological polar surface area (TPSA) is 17.1 Å². The molecular formula is C14H12O. The summed E-state index contributed by atoms with van der Waals surface area (Å²) in [5.74, 6) is 2.60. The average molecular weight is 196 g/mol. The average Bonchev–Trinajstić information content (AvgIpc) is 3.05. The van der Waals surface area contributed by atoms with Crippen molar-refractivity contribution in [2.45, 2.75) is 11.8 Å². The molecule has 4 aliphatic rings. The highest BCUT2D eigenvalue weighted by Crippen LogP contribution is 2.67. The lowest BCUT2D eigenvalue weighted by atomic mass is 9.72. The van der Waals surface area contributed by atoms with E-state index in [9.17, 15) is 4.79 Å². The third-order valence-corrected chi connectivity index (χ3v) is 4.42. The summed E-state index contributed by atoms with van der Waals surface area (Å²) >= 11 is 0. The lowest BCUT2D eigenvalue weighted by Gasteiger charge is -2.32. The summed E-state index contributed by atoms with van der Waals surface area (Å²) in [6.07, 6.45) is 5.81. The van der Waals surface area contributed by atoms with E-state index in [-0.39, 0.29) is 0 Å². The molecule has 0 N–H and O–H groups in total. The SMILES string of the molecule is O=CC1[C@@H]2[C@H]1[C@@H]1C=C[C@H]2c2ccccc21. The molecule has 0 spiro atoms. The van der Waals surface area contributed by atoms with Gasteiger partial charge in [-0.2, -0.15) is 0 Å². The highest BCUT2D eigenvalue weighted by atomic mass is 16.1. The molecule has 0 saturated heterocycles. The molecule has 0 aliphatic heterocycles. The van der Waals surface area contributed by atoms with Gasteiger partial charge in [0.25, 0.3) is 0 Å². The molecule has 5 rings (SSSR count). The van der Waals surface area contributed by atoms with E-state index < -0.39 is 0 Å². The fourth-order valence-corrected chi connectivity index (χ4v) is 3.76. The summed E-state index contributed by atoms with van der Waals surface area (Å²) < 4.78 is 0. The maximum Gasteiger partial charge on any atom is 0.123 e. The molecule has 1 unspecified atom stereocenters. The highest BCUT2D eigenvalue weighted by molar-refractivity contribution is 5.65. The lowest BCUT2D eigenvalue weighted by molar-refractivity contribution is -0.109. The molecule has 1 nitrogen and oxygen atoms in total. The fraction of sp³-hybridized carbons (Fsp3) is 0.357. The highest BCUT2D eigenvalue weighted by Gasteiger charge is 2.61. The van der Waals surface area contributed by atoms with Gasteiger partial charge >= 0.3 is 0 Å². The molecular weight excluding hydrogens is 184 g/mol. The van der Waals surface area contributed by atoms with Gasteiger partial charge in [-0.25, -0.2) is 0 Å². The third kappa shape index (κ3) is 0.785. The van der Waals surface area contributed by atoms with Gasteiger partial charge in [-0.05, 0) is 23.0 Å². The van der Waals surface area contributed by atoms with Gasteiger partial charge in [0, 0.05) is 17.8 Å². The van der Waals surface area contributed by atoms with E-state index in [1.807, 2.05) is 0 Å². The van der Waals surface area contributed by atoms with Crippen LogP contribution in [-0.4, -0.2) is 6.29 Å². The first-order valence-electron chi connectivity index (χ1n) is 5.64. The zero-order valence-electron chi connectivity index (χ0n) is 8.34. The summed E-state index contributed by atoms with van der Waals surface area (Å²) in [7, 11) is 0. The van der Waals surface area contributed by atoms with E-state index in [2.05, 4.69) is 36.4 Å². The normalized spacial score (nSPS) is 43.3. The number of benzene rings is 1. The van der Waals surface area contributed by atoms with Gasteiger partial charge in [-0.15, -0.1) is 0 Å². The molecule has 5 atom stereocenters. The third-order valence-electron chi connectivity index (χ3n) is 4.42. The molecule has 4 aliphatic carbocycles. The molecule has 0 aromatic heterocycles. The largest absolute Gasteiger partial charge is 0.303 e. The van der Waals surface area contributed by atoms with Crippen molar-refractivity contribution in [1.29, 1.82) is 0 Å². The molecule has 1 saturated carbocycles. The molecule has 0 amide bonds. The summed E-state index contributed by atoms with van der Waals surface area (Å²) in [6.45, 7) is 0. The van der Waals surface area contributed by atoms with Crippen molar-refractivity contribution in [2.75, 3.05) is 0 Å². The molecule has 1 aromatic carbocycles. The Labute approximate surface area is 88.8 Å².